The second kappa shape index (κ2) is 5.63. The van der Waals surface area contributed by atoms with Crippen molar-refractivity contribution in [3.8, 4) is 5.75 Å². The molecule has 0 amide bonds. The molecule has 0 aromatic heterocycles. The van der Waals surface area contributed by atoms with E-state index in [-0.39, 0.29) is 24.8 Å². The minimum absolute atomic E-state index is 0.199. The molecule has 4 rings (SSSR count). The van der Waals surface area contributed by atoms with Gasteiger partial charge >= 0.3 is 11.9 Å². The number of aliphatic carboxylic acids is 1. The number of fused-ring (bicyclic) bond motifs is 2. The predicted octanol–water partition coefficient (Wildman–Crippen LogP) is 3.54. The topological polar surface area (TPSA) is 72.8 Å². The molecule has 0 saturated heterocycles. The van der Waals surface area contributed by atoms with E-state index in [1.54, 1.807) is 6.07 Å². The highest BCUT2D eigenvalue weighted by atomic mass is 16.5. The monoisotopic (exact) mass is 334 g/mol. The Bertz CT molecular complexity index is 954. The third kappa shape index (κ3) is 2.50. The molecule has 124 valence electrons. The highest BCUT2D eigenvalue weighted by molar-refractivity contribution is 5.97. The molecule has 2 aromatic rings. The lowest BCUT2D eigenvalue weighted by atomic mass is 9.87. The SMILES string of the molecule is C=C1Oc2cc3c(cc2C(c2ccccc2)=C1CC(=O)O)COC3=O. The van der Waals surface area contributed by atoms with Gasteiger partial charge in [0, 0.05) is 22.3 Å². The number of carboxylic acid groups (broad SMARTS) is 1. The zero-order valence-corrected chi connectivity index (χ0v) is 13.2. The van der Waals surface area contributed by atoms with E-state index in [1.165, 1.54) is 0 Å². The lowest BCUT2D eigenvalue weighted by Crippen LogP contribution is -2.13. The molecule has 2 aromatic carbocycles. The molecule has 0 atom stereocenters. The van der Waals surface area contributed by atoms with Crippen LogP contribution in [0.1, 0.15) is 33.5 Å². The van der Waals surface area contributed by atoms with Crippen LogP contribution < -0.4 is 4.74 Å². The molecule has 0 fully saturated rings. The summed E-state index contributed by atoms with van der Waals surface area (Å²) in [6, 6.07) is 13.0. The van der Waals surface area contributed by atoms with Gasteiger partial charge in [-0.2, -0.15) is 0 Å². The van der Waals surface area contributed by atoms with Crippen LogP contribution in [0.3, 0.4) is 0 Å². The molecule has 0 unspecified atom stereocenters. The van der Waals surface area contributed by atoms with Gasteiger partial charge in [-0.3, -0.25) is 4.79 Å². The van der Waals surface area contributed by atoms with Gasteiger partial charge in [-0.25, -0.2) is 4.79 Å². The zero-order valence-electron chi connectivity index (χ0n) is 13.2. The summed E-state index contributed by atoms with van der Waals surface area (Å²) >= 11 is 0. The Morgan fingerprint density at radius 1 is 1.16 bits per heavy atom. The van der Waals surface area contributed by atoms with Gasteiger partial charge in [0.1, 0.15) is 18.1 Å². The summed E-state index contributed by atoms with van der Waals surface area (Å²) in [5.41, 5.74) is 4.14. The lowest BCUT2D eigenvalue weighted by molar-refractivity contribution is -0.136. The fourth-order valence-corrected chi connectivity index (χ4v) is 3.20. The number of benzene rings is 2. The van der Waals surface area contributed by atoms with E-state index in [1.807, 2.05) is 36.4 Å². The maximum atomic E-state index is 11.8. The molecule has 25 heavy (non-hydrogen) atoms. The largest absolute Gasteiger partial charge is 0.481 e. The summed E-state index contributed by atoms with van der Waals surface area (Å²) in [6.07, 6.45) is -0.199. The predicted molar refractivity (Wildman–Crippen MR) is 90.0 cm³/mol. The number of carbonyl (C=O) groups is 2. The van der Waals surface area contributed by atoms with Crippen molar-refractivity contribution in [2.45, 2.75) is 13.0 Å². The molecule has 0 aliphatic carbocycles. The van der Waals surface area contributed by atoms with E-state index in [2.05, 4.69) is 6.58 Å². The Balaban J connectivity index is 1.99. The molecule has 0 radical (unpaired) electrons. The van der Waals surface area contributed by atoms with E-state index in [9.17, 15) is 14.7 Å². The lowest BCUT2D eigenvalue weighted by Gasteiger charge is -2.26. The average molecular weight is 334 g/mol. The number of hydrogen-bond acceptors (Lipinski definition) is 4. The maximum absolute atomic E-state index is 11.8. The number of ether oxygens (including phenoxy) is 2. The zero-order chi connectivity index (χ0) is 17.6. The molecular weight excluding hydrogens is 320 g/mol. The molecule has 5 heteroatoms. The van der Waals surface area contributed by atoms with Crippen molar-refractivity contribution in [2.24, 2.45) is 0 Å². The Labute approximate surface area is 143 Å². The van der Waals surface area contributed by atoms with Gasteiger partial charge in [-0.15, -0.1) is 0 Å². The number of rotatable bonds is 3. The van der Waals surface area contributed by atoms with Crippen LogP contribution in [0.25, 0.3) is 5.57 Å². The van der Waals surface area contributed by atoms with Crippen LogP contribution in [0.4, 0.5) is 0 Å². The summed E-state index contributed by atoms with van der Waals surface area (Å²) < 4.78 is 10.8. The first-order valence-electron chi connectivity index (χ1n) is 7.76. The first-order chi connectivity index (χ1) is 12.0. The van der Waals surface area contributed by atoms with Crippen LogP contribution in [-0.4, -0.2) is 17.0 Å². The van der Waals surface area contributed by atoms with Gasteiger partial charge < -0.3 is 14.6 Å². The maximum Gasteiger partial charge on any atom is 0.339 e. The van der Waals surface area contributed by atoms with Gasteiger partial charge in [0.2, 0.25) is 0 Å². The molecular formula is C20H14O5. The number of cyclic esters (lactones) is 1. The third-order valence-corrected chi connectivity index (χ3v) is 4.32. The van der Waals surface area contributed by atoms with Crippen LogP contribution in [-0.2, 0) is 16.1 Å². The van der Waals surface area contributed by atoms with Gasteiger partial charge in [0.25, 0.3) is 0 Å². The van der Waals surface area contributed by atoms with Crippen molar-refractivity contribution < 1.29 is 24.2 Å². The van der Waals surface area contributed by atoms with Gasteiger partial charge in [0.05, 0.1) is 12.0 Å². The summed E-state index contributed by atoms with van der Waals surface area (Å²) in [4.78, 5) is 23.1. The van der Waals surface area contributed by atoms with E-state index in [0.717, 1.165) is 22.3 Å². The summed E-state index contributed by atoms with van der Waals surface area (Å²) in [7, 11) is 0. The Morgan fingerprint density at radius 2 is 1.92 bits per heavy atom. The first kappa shape index (κ1) is 15.2. The molecule has 5 nitrogen and oxygen atoms in total. The Kier molecular flexibility index (Phi) is 3.42. The summed E-state index contributed by atoms with van der Waals surface area (Å²) in [5, 5.41) is 9.29. The molecule has 2 aliphatic heterocycles. The number of esters is 1. The van der Waals surface area contributed by atoms with Crippen molar-refractivity contribution >= 4 is 17.5 Å². The second-order valence-electron chi connectivity index (χ2n) is 5.90. The molecule has 2 heterocycles. The fraction of sp³-hybridized carbons (Fsp3) is 0.100. The third-order valence-electron chi connectivity index (χ3n) is 4.32. The van der Waals surface area contributed by atoms with E-state index in [0.29, 0.717) is 16.9 Å². The number of carboxylic acids is 1. The van der Waals surface area contributed by atoms with Crippen molar-refractivity contribution in [2.75, 3.05) is 0 Å². The van der Waals surface area contributed by atoms with Crippen molar-refractivity contribution in [3.63, 3.8) is 0 Å². The van der Waals surface area contributed by atoms with E-state index >= 15 is 0 Å². The number of carbonyl (C=O) groups excluding carboxylic acids is 1. The molecule has 1 N–H and O–H groups in total. The Morgan fingerprint density at radius 3 is 2.64 bits per heavy atom. The number of hydrogen-bond donors (Lipinski definition) is 1. The van der Waals surface area contributed by atoms with Crippen LogP contribution >= 0.6 is 0 Å². The minimum atomic E-state index is -0.962. The van der Waals surface area contributed by atoms with Gasteiger partial charge in [-0.05, 0) is 17.7 Å². The van der Waals surface area contributed by atoms with Crippen LogP contribution in [0.15, 0.2) is 60.4 Å². The van der Waals surface area contributed by atoms with Gasteiger partial charge in [0.15, 0.2) is 0 Å². The van der Waals surface area contributed by atoms with E-state index in [4.69, 9.17) is 9.47 Å². The quantitative estimate of drug-likeness (QED) is 0.869. The van der Waals surface area contributed by atoms with Gasteiger partial charge in [-0.1, -0.05) is 36.9 Å². The summed E-state index contributed by atoms with van der Waals surface area (Å²) in [6.45, 7) is 4.08. The second-order valence-corrected chi connectivity index (χ2v) is 5.90. The minimum Gasteiger partial charge on any atom is -0.481 e. The molecule has 0 saturated carbocycles. The summed E-state index contributed by atoms with van der Waals surface area (Å²) in [5.74, 6) is -0.583. The van der Waals surface area contributed by atoms with Crippen molar-refractivity contribution in [3.05, 3.63) is 82.6 Å². The Hall–Kier alpha value is -3.34. The normalized spacial score (nSPS) is 15.4. The highest BCUT2D eigenvalue weighted by Crippen LogP contribution is 2.44. The van der Waals surface area contributed by atoms with Crippen LogP contribution in [0.2, 0.25) is 0 Å². The average Bonchev–Trinajstić information content (AvgIpc) is 2.95. The first-order valence-corrected chi connectivity index (χ1v) is 7.76. The number of allylic oxidation sites excluding steroid dienone is 1. The smallest absolute Gasteiger partial charge is 0.339 e. The molecule has 0 spiro atoms. The molecule has 2 aliphatic rings. The molecule has 0 bridgehead atoms. The fourth-order valence-electron chi connectivity index (χ4n) is 3.20. The highest BCUT2D eigenvalue weighted by Gasteiger charge is 2.30. The van der Waals surface area contributed by atoms with Crippen molar-refractivity contribution in [1.82, 2.24) is 0 Å². The standard InChI is InChI=1S/C20H14O5/c1-11-14(9-18(21)22)19(12-5-3-2-4-6-12)16-7-13-10-24-20(23)15(13)8-17(16)25-11/h2-8H,1,9-10H2,(H,21,22). The van der Waals surface area contributed by atoms with E-state index < -0.39 is 5.97 Å². The van der Waals surface area contributed by atoms with Crippen LogP contribution in [0.5, 0.6) is 5.75 Å². The van der Waals surface area contributed by atoms with Crippen molar-refractivity contribution in [1.29, 1.82) is 0 Å². The van der Waals surface area contributed by atoms with Crippen LogP contribution in [0, 0.1) is 0 Å².